The first-order valence-corrected chi connectivity index (χ1v) is 12.2. The quantitative estimate of drug-likeness (QED) is 0.0947. The van der Waals surface area contributed by atoms with Crippen LogP contribution in [0, 0.1) is 0 Å². The number of aliphatic hydroxyl groups is 1. The summed E-state index contributed by atoms with van der Waals surface area (Å²) >= 11 is 0. The number of aliphatic hydroxyl groups excluding tert-OH is 1. The van der Waals surface area contributed by atoms with Crippen LogP contribution in [0.2, 0.25) is 0 Å². The highest BCUT2D eigenvalue weighted by Crippen LogP contribution is 2.12. The van der Waals surface area contributed by atoms with Crippen molar-refractivity contribution >= 4 is 29.6 Å². The molecule has 38 heavy (non-hydrogen) atoms. The first kappa shape index (κ1) is 32.3. The van der Waals surface area contributed by atoms with Crippen LogP contribution in [-0.2, 0) is 30.4 Å². The van der Waals surface area contributed by atoms with Gasteiger partial charge in [-0.1, -0.05) is 12.1 Å². The summed E-state index contributed by atoms with van der Waals surface area (Å²) in [6, 6.07) is 0.646. The summed E-state index contributed by atoms with van der Waals surface area (Å²) in [6.07, 6.45) is -0.635. The molecule has 0 aliphatic heterocycles. The lowest BCUT2D eigenvalue weighted by atomic mass is 10.0. The zero-order valence-electron chi connectivity index (χ0n) is 21.3. The van der Waals surface area contributed by atoms with E-state index in [1.54, 1.807) is 0 Å². The number of phenols is 1. The van der Waals surface area contributed by atoms with Gasteiger partial charge in [0.2, 0.25) is 23.6 Å². The van der Waals surface area contributed by atoms with Crippen LogP contribution < -0.4 is 33.2 Å². The fraction of sp³-hybridized carbons (Fsp3) is 0.542. The van der Waals surface area contributed by atoms with Gasteiger partial charge in [0.15, 0.2) is 0 Å². The lowest BCUT2D eigenvalue weighted by molar-refractivity contribution is -0.142. The molecule has 14 heteroatoms. The number of unbranched alkanes of at least 4 members (excludes halogenated alkanes) is 1. The largest absolute Gasteiger partial charge is 0.508 e. The van der Waals surface area contributed by atoms with Crippen LogP contribution in [0.4, 0.5) is 0 Å². The topological polar surface area (TPSA) is 260 Å². The van der Waals surface area contributed by atoms with E-state index in [0.717, 1.165) is 0 Å². The van der Waals surface area contributed by atoms with Crippen molar-refractivity contribution in [3.63, 3.8) is 0 Å². The highest BCUT2D eigenvalue weighted by molar-refractivity contribution is 5.94. The van der Waals surface area contributed by atoms with Gasteiger partial charge in [0.05, 0.1) is 6.10 Å². The minimum atomic E-state index is -1.45. The first-order chi connectivity index (χ1) is 17.8. The summed E-state index contributed by atoms with van der Waals surface area (Å²) in [4.78, 5) is 61.4. The van der Waals surface area contributed by atoms with E-state index in [0.29, 0.717) is 24.9 Å². The maximum Gasteiger partial charge on any atom is 0.326 e. The van der Waals surface area contributed by atoms with Crippen molar-refractivity contribution in [1.82, 2.24) is 16.0 Å². The minimum absolute atomic E-state index is 0.0201. The molecule has 5 atom stereocenters. The number of carboxylic acids is 1. The van der Waals surface area contributed by atoms with E-state index in [1.807, 2.05) is 0 Å². The number of hydrogen-bond donors (Lipinski definition) is 9. The van der Waals surface area contributed by atoms with Crippen LogP contribution in [0.1, 0.15) is 44.6 Å². The molecule has 4 amide bonds. The average molecular weight is 539 g/mol. The molecule has 0 fully saturated rings. The molecule has 1 rings (SSSR count). The van der Waals surface area contributed by atoms with Gasteiger partial charge in [-0.05, 0) is 56.8 Å². The number of hydrogen-bond acceptors (Lipinski definition) is 9. The van der Waals surface area contributed by atoms with Gasteiger partial charge >= 0.3 is 5.97 Å². The molecule has 0 radical (unpaired) electrons. The Morgan fingerprint density at radius 3 is 1.95 bits per heavy atom. The van der Waals surface area contributed by atoms with Gasteiger partial charge in [0.1, 0.15) is 29.9 Å². The summed E-state index contributed by atoms with van der Waals surface area (Å²) in [5.74, 6) is -4.52. The predicted octanol–water partition coefficient (Wildman–Crippen LogP) is -2.42. The van der Waals surface area contributed by atoms with Crippen molar-refractivity contribution in [1.29, 1.82) is 0 Å². The number of phenolic OH excluding ortho intramolecular Hbond substituents is 1. The fourth-order valence-corrected chi connectivity index (χ4v) is 3.41. The molecule has 212 valence electrons. The second-order valence-electron chi connectivity index (χ2n) is 8.95. The molecule has 0 aliphatic rings. The van der Waals surface area contributed by atoms with E-state index in [4.69, 9.17) is 17.2 Å². The summed E-state index contributed by atoms with van der Waals surface area (Å²) < 4.78 is 0. The van der Waals surface area contributed by atoms with E-state index in [2.05, 4.69) is 16.0 Å². The third kappa shape index (κ3) is 11.5. The Balaban J connectivity index is 3.16. The van der Waals surface area contributed by atoms with Crippen molar-refractivity contribution < 1.29 is 39.3 Å². The van der Waals surface area contributed by atoms with Gasteiger partial charge in [-0.15, -0.1) is 0 Å². The number of benzene rings is 1. The molecule has 0 saturated carbocycles. The molecule has 5 unspecified atom stereocenters. The molecular formula is C24H38N6O8. The van der Waals surface area contributed by atoms with Gasteiger partial charge in [-0.25, -0.2) is 4.79 Å². The maximum absolute atomic E-state index is 13.2. The summed E-state index contributed by atoms with van der Waals surface area (Å²) in [5.41, 5.74) is 16.8. The Bertz CT molecular complexity index is 956. The number of aliphatic carboxylic acids is 1. The molecule has 14 nitrogen and oxygen atoms in total. The smallest absolute Gasteiger partial charge is 0.326 e. The van der Waals surface area contributed by atoms with Crippen LogP contribution in [0.25, 0.3) is 0 Å². The lowest BCUT2D eigenvalue weighted by Crippen LogP contribution is -2.58. The molecule has 0 bridgehead atoms. The number of nitrogens with one attached hydrogen (secondary N) is 3. The maximum atomic E-state index is 13.2. The zero-order valence-corrected chi connectivity index (χ0v) is 21.3. The number of primary amides is 1. The van der Waals surface area contributed by atoms with E-state index in [1.165, 1.54) is 31.2 Å². The molecule has 0 aliphatic carbocycles. The summed E-state index contributed by atoms with van der Waals surface area (Å²) in [6.45, 7) is 1.67. The third-order valence-corrected chi connectivity index (χ3v) is 5.71. The second-order valence-corrected chi connectivity index (χ2v) is 8.95. The standard InChI is InChI=1S/C24H38N6O8/c1-13(31)20(27)23(36)28-16(4-2-3-11-25)21(34)30-18(12-14-5-7-15(32)8-6-14)22(35)29-17(24(37)38)9-10-19(26)33/h5-8,13,16-18,20,31-32H,2-4,9-12,25,27H2,1H3,(H2,26,33)(H,28,36)(H,29,35)(H,30,34)(H,37,38). The van der Waals surface area contributed by atoms with Gasteiger partial charge < -0.3 is 48.5 Å². The Hall–Kier alpha value is -3.75. The number of nitrogens with two attached hydrogens (primary N) is 3. The van der Waals surface area contributed by atoms with Crippen molar-refractivity contribution in [2.75, 3.05) is 6.54 Å². The molecular weight excluding hydrogens is 500 g/mol. The second kappa shape index (κ2) is 16.2. The number of aromatic hydroxyl groups is 1. The SMILES string of the molecule is CC(O)C(N)C(=O)NC(CCCCN)C(=O)NC(Cc1ccc(O)cc1)C(=O)NC(CCC(N)=O)C(=O)O. The Labute approximate surface area is 220 Å². The average Bonchev–Trinajstić information content (AvgIpc) is 2.85. The number of amides is 4. The van der Waals surface area contributed by atoms with Crippen molar-refractivity contribution in [3.8, 4) is 5.75 Å². The normalized spacial score (nSPS) is 14.8. The molecule has 0 aromatic heterocycles. The van der Waals surface area contributed by atoms with Crippen LogP contribution in [0.3, 0.4) is 0 Å². The number of carbonyl (C=O) groups excluding carboxylic acids is 4. The molecule has 1 aromatic rings. The number of carbonyl (C=O) groups is 5. The zero-order chi connectivity index (χ0) is 28.8. The predicted molar refractivity (Wildman–Crippen MR) is 136 cm³/mol. The Morgan fingerprint density at radius 1 is 0.868 bits per heavy atom. The minimum Gasteiger partial charge on any atom is -0.508 e. The van der Waals surface area contributed by atoms with Gasteiger partial charge in [-0.2, -0.15) is 0 Å². The van der Waals surface area contributed by atoms with Gasteiger partial charge in [-0.3, -0.25) is 19.2 Å². The van der Waals surface area contributed by atoms with Crippen molar-refractivity contribution in [2.24, 2.45) is 17.2 Å². The Kier molecular flexibility index (Phi) is 13.7. The van der Waals surface area contributed by atoms with E-state index < -0.39 is 59.9 Å². The molecule has 0 spiro atoms. The monoisotopic (exact) mass is 538 g/mol. The first-order valence-electron chi connectivity index (χ1n) is 12.2. The van der Waals surface area contributed by atoms with Gasteiger partial charge in [0.25, 0.3) is 0 Å². The van der Waals surface area contributed by atoms with Crippen LogP contribution in [0.15, 0.2) is 24.3 Å². The molecule has 0 heterocycles. The molecule has 1 aromatic carbocycles. The number of rotatable bonds is 17. The van der Waals surface area contributed by atoms with E-state index in [9.17, 15) is 39.3 Å². The highest BCUT2D eigenvalue weighted by Gasteiger charge is 2.31. The third-order valence-electron chi connectivity index (χ3n) is 5.71. The van der Waals surface area contributed by atoms with Crippen LogP contribution in [0.5, 0.6) is 5.75 Å². The lowest BCUT2D eigenvalue weighted by Gasteiger charge is -2.26. The van der Waals surface area contributed by atoms with Crippen molar-refractivity contribution in [3.05, 3.63) is 29.8 Å². The number of carboxylic acid groups (broad SMARTS) is 1. The van der Waals surface area contributed by atoms with Crippen LogP contribution >= 0.6 is 0 Å². The fourth-order valence-electron chi connectivity index (χ4n) is 3.41. The molecule has 0 saturated heterocycles. The van der Waals surface area contributed by atoms with Crippen molar-refractivity contribution in [2.45, 2.75) is 75.7 Å². The van der Waals surface area contributed by atoms with Gasteiger partial charge in [0, 0.05) is 12.8 Å². The van der Waals surface area contributed by atoms with E-state index in [-0.39, 0.29) is 31.4 Å². The molecule has 12 N–H and O–H groups in total. The van der Waals surface area contributed by atoms with Crippen LogP contribution in [-0.4, -0.2) is 81.7 Å². The Morgan fingerprint density at radius 2 is 1.42 bits per heavy atom. The summed E-state index contributed by atoms with van der Waals surface area (Å²) in [7, 11) is 0. The summed E-state index contributed by atoms with van der Waals surface area (Å²) in [5, 5.41) is 35.9. The highest BCUT2D eigenvalue weighted by atomic mass is 16.4. The van der Waals surface area contributed by atoms with E-state index >= 15 is 0 Å².